The molecule has 122 valence electrons. The third-order valence-corrected chi connectivity index (χ3v) is 5.25. The summed E-state index contributed by atoms with van der Waals surface area (Å²) in [5.74, 6) is -2.06. The SMILES string of the molecule is CC1(C)OC(=O)C2(Cc3ccccc3N3CCCC[C@@H]32)C(=O)O1. The summed E-state index contributed by atoms with van der Waals surface area (Å²) in [7, 11) is 0. The van der Waals surface area contributed by atoms with Crippen molar-refractivity contribution in [3.05, 3.63) is 29.8 Å². The Balaban J connectivity index is 1.85. The van der Waals surface area contributed by atoms with Gasteiger partial charge in [0.25, 0.3) is 5.79 Å². The average molecular weight is 315 g/mol. The molecule has 0 amide bonds. The number of rotatable bonds is 0. The minimum Gasteiger partial charge on any atom is -0.422 e. The number of hydrogen-bond acceptors (Lipinski definition) is 5. The molecule has 0 unspecified atom stereocenters. The summed E-state index contributed by atoms with van der Waals surface area (Å²) in [6.07, 6.45) is 3.24. The highest BCUT2D eigenvalue weighted by atomic mass is 16.7. The van der Waals surface area contributed by atoms with E-state index in [9.17, 15) is 9.59 Å². The highest BCUT2D eigenvalue weighted by Gasteiger charge is 2.63. The van der Waals surface area contributed by atoms with E-state index in [4.69, 9.17) is 9.47 Å². The van der Waals surface area contributed by atoms with Gasteiger partial charge in [0.2, 0.25) is 0 Å². The number of carbonyl (C=O) groups is 2. The van der Waals surface area contributed by atoms with E-state index in [-0.39, 0.29) is 6.04 Å². The summed E-state index contributed by atoms with van der Waals surface area (Å²) in [6.45, 7) is 4.06. The average Bonchev–Trinajstić information content (AvgIpc) is 2.51. The number of cyclic esters (lactones) is 2. The number of hydrogen-bond donors (Lipinski definition) is 0. The lowest BCUT2D eigenvalue weighted by atomic mass is 9.68. The van der Waals surface area contributed by atoms with E-state index in [2.05, 4.69) is 11.0 Å². The Hall–Kier alpha value is -2.04. The third kappa shape index (κ3) is 1.98. The minimum absolute atomic E-state index is 0.178. The van der Waals surface area contributed by atoms with Crippen LogP contribution in [0.2, 0.25) is 0 Å². The highest BCUT2D eigenvalue weighted by molar-refractivity contribution is 6.04. The lowest BCUT2D eigenvalue weighted by Gasteiger charge is -2.53. The Morgan fingerprint density at radius 1 is 1.09 bits per heavy atom. The number of nitrogens with zero attached hydrogens (tertiary/aromatic N) is 1. The number of ether oxygens (including phenoxy) is 2. The Kier molecular flexibility index (Phi) is 2.99. The summed E-state index contributed by atoms with van der Waals surface area (Å²) in [5, 5.41) is 0. The minimum atomic E-state index is -1.23. The number of carbonyl (C=O) groups excluding carboxylic acids is 2. The van der Waals surface area contributed by atoms with Gasteiger partial charge in [0.05, 0.1) is 6.04 Å². The van der Waals surface area contributed by atoms with Crippen molar-refractivity contribution in [2.75, 3.05) is 11.4 Å². The molecule has 0 aromatic heterocycles. The molecule has 0 aliphatic carbocycles. The van der Waals surface area contributed by atoms with E-state index in [0.717, 1.165) is 37.1 Å². The summed E-state index contributed by atoms with van der Waals surface area (Å²) in [6, 6.07) is 7.83. The molecule has 1 spiro atoms. The van der Waals surface area contributed by atoms with Crippen LogP contribution in [0.4, 0.5) is 5.69 Å². The van der Waals surface area contributed by atoms with Gasteiger partial charge in [0.15, 0.2) is 5.41 Å². The topological polar surface area (TPSA) is 55.8 Å². The van der Waals surface area contributed by atoms with E-state index in [1.54, 1.807) is 13.8 Å². The van der Waals surface area contributed by atoms with Gasteiger partial charge in [-0.1, -0.05) is 18.2 Å². The molecule has 3 aliphatic heterocycles. The van der Waals surface area contributed by atoms with Crippen molar-refractivity contribution in [1.82, 2.24) is 0 Å². The molecule has 1 aromatic rings. The second kappa shape index (κ2) is 4.73. The highest BCUT2D eigenvalue weighted by Crippen LogP contribution is 2.49. The van der Waals surface area contributed by atoms with Crippen LogP contribution in [-0.2, 0) is 25.5 Å². The van der Waals surface area contributed by atoms with Gasteiger partial charge in [0, 0.05) is 32.5 Å². The molecular formula is C18H21NO4. The number of piperidine rings is 1. The fraction of sp³-hybridized carbons (Fsp3) is 0.556. The summed E-state index contributed by atoms with van der Waals surface area (Å²) in [4.78, 5) is 28.0. The molecule has 0 saturated carbocycles. The number of esters is 2. The maximum Gasteiger partial charge on any atom is 0.329 e. The molecule has 2 saturated heterocycles. The van der Waals surface area contributed by atoms with Gasteiger partial charge in [0.1, 0.15) is 0 Å². The first-order valence-electron chi connectivity index (χ1n) is 8.25. The molecule has 3 aliphatic rings. The van der Waals surface area contributed by atoms with Crippen LogP contribution >= 0.6 is 0 Å². The van der Waals surface area contributed by atoms with Crippen LogP contribution in [-0.4, -0.2) is 30.3 Å². The van der Waals surface area contributed by atoms with E-state index < -0.39 is 23.1 Å². The normalized spacial score (nSPS) is 27.7. The lowest BCUT2D eigenvalue weighted by Crippen LogP contribution is -2.66. The number of para-hydroxylation sites is 1. The van der Waals surface area contributed by atoms with E-state index in [0.29, 0.717) is 6.42 Å². The van der Waals surface area contributed by atoms with Gasteiger partial charge in [-0.2, -0.15) is 0 Å². The largest absolute Gasteiger partial charge is 0.422 e. The molecule has 1 aromatic carbocycles. The number of anilines is 1. The van der Waals surface area contributed by atoms with Crippen LogP contribution in [0.3, 0.4) is 0 Å². The van der Waals surface area contributed by atoms with Crippen LogP contribution in [0.25, 0.3) is 0 Å². The van der Waals surface area contributed by atoms with Crippen molar-refractivity contribution < 1.29 is 19.1 Å². The van der Waals surface area contributed by atoms with E-state index >= 15 is 0 Å². The quantitative estimate of drug-likeness (QED) is 0.543. The molecule has 1 atom stereocenters. The number of fused-ring (bicyclic) bond motifs is 4. The lowest BCUT2D eigenvalue weighted by molar-refractivity contribution is -0.253. The monoisotopic (exact) mass is 315 g/mol. The zero-order valence-corrected chi connectivity index (χ0v) is 13.5. The second-order valence-corrected chi connectivity index (χ2v) is 7.16. The molecule has 5 nitrogen and oxygen atoms in total. The van der Waals surface area contributed by atoms with Gasteiger partial charge in [-0.05, 0) is 30.9 Å². The van der Waals surface area contributed by atoms with Crippen LogP contribution < -0.4 is 4.90 Å². The summed E-state index contributed by atoms with van der Waals surface area (Å²) >= 11 is 0. The van der Waals surface area contributed by atoms with Crippen LogP contribution in [0.5, 0.6) is 0 Å². The fourth-order valence-electron chi connectivity index (χ4n) is 4.24. The van der Waals surface area contributed by atoms with Gasteiger partial charge < -0.3 is 14.4 Å². The number of benzene rings is 1. The molecule has 0 N–H and O–H groups in total. The third-order valence-electron chi connectivity index (χ3n) is 5.25. The molecule has 5 heteroatoms. The van der Waals surface area contributed by atoms with Crippen LogP contribution in [0, 0.1) is 5.41 Å². The Bertz CT molecular complexity index is 661. The predicted molar refractivity (Wildman–Crippen MR) is 83.8 cm³/mol. The van der Waals surface area contributed by atoms with Crippen molar-refractivity contribution in [3.8, 4) is 0 Å². The van der Waals surface area contributed by atoms with Gasteiger partial charge in [-0.15, -0.1) is 0 Å². The van der Waals surface area contributed by atoms with Gasteiger partial charge in [-0.25, -0.2) is 0 Å². The van der Waals surface area contributed by atoms with Gasteiger partial charge in [-0.3, -0.25) is 9.59 Å². The van der Waals surface area contributed by atoms with Crippen molar-refractivity contribution >= 4 is 17.6 Å². The van der Waals surface area contributed by atoms with Crippen molar-refractivity contribution in [2.24, 2.45) is 5.41 Å². The Labute approximate surface area is 135 Å². The molecular weight excluding hydrogens is 294 g/mol. The summed E-state index contributed by atoms with van der Waals surface area (Å²) < 4.78 is 11.0. The predicted octanol–water partition coefficient (Wildman–Crippen LogP) is 2.42. The Morgan fingerprint density at radius 3 is 2.52 bits per heavy atom. The maximum atomic E-state index is 12.9. The molecule has 3 heterocycles. The molecule has 23 heavy (non-hydrogen) atoms. The smallest absolute Gasteiger partial charge is 0.329 e. The summed E-state index contributed by atoms with van der Waals surface area (Å²) in [5.41, 5.74) is 0.914. The van der Waals surface area contributed by atoms with Gasteiger partial charge >= 0.3 is 11.9 Å². The molecule has 0 radical (unpaired) electrons. The molecule has 2 fully saturated rings. The first-order chi connectivity index (χ1) is 10.9. The maximum absolute atomic E-state index is 12.9. The van der Waals surface area contributed by atoms with E-state index in [1.807, 2.05) is 18.2 Å². The van der Waals surface area contributed by atoms with Crippen molar-refractivity contribution in [1.29, 1.82) is 0 Å². The van der Waals surface area contributed by atoms with Crippen LogP contribution in [0.15, 0.2) is 24.3 Å². The first kappa shape index (κ1) is 14.5. The standard InChI is InChI=1S/C18H21NO4/c1-17(2)22-15(20)18(16(21)23-17)11-12-7-3-4-8-13(12)19-10-6-5-9-14(18)19/h3-4,7-8,14H,5-6,9-11H2,1-2H3/t14-/m1/s1. The molecule has 0 bridgehead atoms. The molecule has 4 rings (SSSR count). The first-order valence-corrected chi connectivity index (χ1v) is 8.25. The second-order valence-electron chi connectivity index (χ2n) is 7.16. The zero-order chi connectivity index (χ0) is 16.2. The van der Waals surface area contributed by atoms with Crippen molar-refractivity contribution in [2.45, 2.75) is 51.4 Å². The van der Waals surface area contributed by atoms with E-state index in [1.165, 1.54) is 0 Å². The van der Waals surface area contributed by atoms with Crippen LogP contribution in [0.1, 0.15) is 38.7 Å². The Morgan fingerprint density at radius 2 is 1.78 bits per heavy atom. The fourth-order valence-corrected chi connectivity index (χ4v) is 4.24. The van der Waals surface area contributed by atoms with Crippen molar-refractivity contribution in [3.63, 3.8) is 0 Å². The zero-order valence-electron chi connectivity index (χ0n) is 13.5.